The minimum absolute atomic E-state index is 0.0424. The van der Waals surface area contributed by atoms with E-state index in [9.17, 15) is 8.42 Å². The van der Waals surface area contributed by atoms with Gasteiger partial charge in [0.2, 0.25) is 0 Å². The second kappa shape index (κ2) is 3.35. The molecule has 1 rings (SSSR count). The Hall–Kier alpha value is -1.47. The van der Waals surface area contributed by atoms with Crippen LogP contribution >= 0.6 is 0 Å². The van der Waals surface area contributed by atoms with Gasteiger partial charge in [0, 0.05) is 0 Å². The average Bonchev–Trinajstić information content (AvgIpc) is 2.07. The van der Waals surface area contributed by atoms with Gasteiger partial charge in [-0.05, 0) is 12.1 Å². The molecule has 0 aliphatic rings. The lowest BCUT2D eigenvalue weighted by atomic mass is 10.2. The lowest BCUT2D eigenvalue weighted by Gasteiger charge is -2.09. The molecule has 0 atom stereocenters. The van der Waals surface area contributed by atoms with Crippen LogP contribution in [0.2, 0.25) is 0 Å². The van der Waals surface area contributed by atoms with Gasteiger partial charge in [0.05, 0.1) is 18.5 Å². The van der Waals surface area contributed by atoms with Crippen LogP contribution in [0.5, 0.6) is 5.75 Å². The van der Waals surface area contributed by atoms with Crippen molar-refractivity contribution in [2.45, 2.75) is 4.90 Å². The van der Waals surface area contributed by atoms with Crippen molar-refractivity contribution >= 4 is 21.5 Å². The fourth-order valence-corrected chi connectivity index (χ4v) is 1.82. The summed E-state index contributed by atoms with van der Waals surface area (Å²) in [5.74, 6) is -0.0424. The Morgan fingerprint density at radius 3 is 2.36 bits per heavy atom. The Kier molecular flexibility index (Phi) is 2.54. The fourth-order valence-electron chi connectivity index (χ4n) is 1.02. The molecule has 0 aliphatic carbocycles. The number of hydrogen-bond acceptors (Lipinski definition) is 5. The van der Waals surface area contributed by atoms with Crippen LogP contribution in [0.4, 0.5) is 11.4 Å². The number of nitrogen functional groups attached to an aromatic ring is 2. The molecule has 0 saturated carbocycles. The van der Waals surface area contributed by atoms with Crippen LogP contribution in [0.25, 0.3) is 0 Å². The van der Waals surface area contributed by atoms with Gasteiger partial charge in [-0.2, -0.15) is 8.42 Å². The number of nitrogens with two attached hydrogens (primary N) is 2. The molecule has 0 unspecified atom stereocenters. The van der Waals surface area contributed by atoms with Crippen LogP contribution < -0.4 is 16.2 Å². The first-order valence-electron chi connectivity index (χ1n) is 3.57. The van der Waals surface area contributed by atoms with Gasteiger partial charge in [-0.1, -0.05) is 0 Å². The zero-order chi connectivity index (χ0) is 10.9. The molecule has 0 bridgehead atoms. The van der Waals surface area contributed by atoms with Crippen molar-refractivity contribution < 1.29 is 17.7 Å². The first kappa shape index (κ1) is 10.6. The lowest BCUT2D eigenvalue weighted by molar-refractivity contribution is 0.398. The average molecular weight is 218 g/mol. The van der Waals surface area contributed by atoms with Crippen molar-refractivity contribution in [2.24, 2.45) is 0 Å². The van der Waals surface area contributed by atoms with Gasteiger partial charge in [0.25, 0.3) is 10.1 Å². The highest BCUT2D eigenvalue weighted by Gasteiger charge is 2.21. The summed E-state index contributed by atoms with van der Waals surface area (Å²) in [5.41, 5.74) is 10.6. The minimum Gasteiger partial charge on any atom is -0.495 e. The van der Waals surface area contributed by atoms with Crippen LogP contribution in [0.1, 0.15) is 0 Å². The minimum atomic E-state index is -4.43. The van der Waals surface area contributed by atoms with Gasteiger partial charge in [0.1, 0.15) is 5.75 Å². The molecule has 0 aliphatic heterocycles. The maximum atomic E-state index is 10.9. The van der Waals surface area contributed by atoms with Crippen LogP contribution in [0.3, 0.4) is 0 Å². The number of anilines is 2. The fraction of sp³-hybridized carbons (Fsp3) is 0.143. The highest BCUT2D eigenvalue weighted by Crippen LogP contribution is 2.33. The molecule has 78 valence electrons. The van der Waals surface area contributed by atoms with Crippen molar-refractivity contribution in [2.75, 3.05) is 18.6 Å². The van der Waals surface area contributed by atoms with E-state index in [0.717, 1.165) is 0 Å². The topological polar surface area (TPSA) is 116 Å². The molecule has 0 radical (unpaired) electrons. The molecule has 6 nitrogen and oxygen atoms in total. The normalized spacial score (nSPS) is 11.3. The van der Waals surface area contributed by atoms with Crippen LogP contribution in [0.15, 0.2) is 17.0 Å². The zero-order valence-corrected chi connectivity index (χ0v) is 8.21. The number of methoxy groups -OCH3 is 1. The Labute approximate surface area is 81.2 Å². The van der Waals surface area contributed by atoms with Crippen molar-refractivity contribution in [3.8, 4) is 5.75 Å². The Balaban J connectivity index is 3.60. The lowest BCUT2D eigenvalue weighted by Crippen LogP contribution is -2.08. The van der Waals surface area contributed by atoms with Crippen molar-refractivity contribution in [1.82, 2.24) is 0 Å². The van der Waals surface area contributed by atoms with E-state index >= 15 is 0 Å². The predicted octanol–water partition coefficient (Wildman–Crippen LogP) is 0.106. The molecule has 0 fully saturated rings. The van der Waals surface area contributed by atoms with Gasteiger partial charge < -0.3 is 16.2 Å². The first-order valence-corrected chi connectivity index (χ1v) is 5.01. The summed E-state index contributed by atoms with van der Waals surface area (Å²) in [5, 5.41) is 0. The van der Waals surface area contributed by atoms with E-state index in [-0.39, 0.29) is 17.1 Å². The van der Waals surface area contributed by atoms with E-state index in [0.29, 0.717) is 0 Å². The third-order valence-electron chi connectivity index (χ3n) is 1.67. The van der Waals surface area contributed by atoms with E-state index in [2.05, 4.69) is 0 Å². The number of ether oxygens (including phenoxy) is 1. The second-order valence-corrected chi connectivity index (χ2v) is 3.93. The van der Waals surface area contributed by atoms with Crippen LogP contribution in [0, 0.1) is 0 Å². The summed E-state index contributed by atoms with van der Waals surface area (Å²) < 4.78 is 35.4. The number of rotatable bonds is 2. The Morgan fingerprint density at radius 1 is 1.36 bits per heavy atom. The summed E-state index contributed by atoms with van der Waals surface area (Å²) in [6.45, 7) is 0. The summed E-state index contributed by atoms with van der Waals surface area (Å²) in [4.78, 5) is -0.500. The van der Waals surface area contributed by atoms with E-state index < -0.39 is 15.0 Å². The number of benzene rings is 1. The van der Waals surface area contributed by atoms with E-state index in [1.165, 1.54) is 19.2 Å². The largest absolute Gasteiger partial charge is 0.495 e. The molecule has 14 heavy (non-hydrogen) atoms. The van der Waals surface area contributed by atoms with Crippen molar-refractivity contribution in [3.05, 3.63) is 12.1 Å². The van der Waals surface area contributed by atoms with Gasteiger partial charge in [-0.15, -0.1) is 0 Å². The predicted molar refractivity (Wildman–Crippen MR) is 51.6 cm³/mol. The molecule has 1 aromatic carbocycles. The summed E-state index contributed by atoms with van der Waals surface area (Å²) in [6.07, 6.45) is 0. The maximum absolute atomic E-state index is 10.9. The molecule has 0 spiro atoms. The Bertz CT molecular complexity index is 455. The molecule has 7 heteroatoms. The molecule has 0 heterocycles. The molecule has 0 saturated heterocycles. The highest BCUT2D eigenvalue weighted by atomic mass is 32.2. The monoisotopic (exact) mass is 218 g/mol. The highest BCUT2D eigenvalue weighted by molar-refractivity contribution is 7.86. The van der Waals surface area contributed by atoms with Gasteiger partial charge in [-0.3, -0.25) is 4.55 Å². The first-order chi connectivity index (χ1) is 6.38. The molecular weight excluding hydrogens is 208 g/mol. The zero-order valence-electron chi connectivity index (χ0n) is 7.39. The number of hydrogen-bond donors (Lipinski definition) is 3. The summed E-state index contributed by atoms with van der Waals surface area (Å²) in [6, 6.07) is 2.71. The smallest absolute Gasteiger partial charge is 0.300 e. The quantitative estimate of drug-likeness (QED) is 0.479. The van der Waals surface area contributed by atoms with E-state index in [4.69, 9.17) is 20.8 Å². The third kappa shape index (κ3) is 1.73. The summed E-state index contributed by atoms with van der Waals surface area (Å²) >= 11 is 0. The maximum Gasteiger partial charge on any atom is 0.300 e. The van der Waals surface area contributed by atoms with Crippen LogP contribution in [-0.4, -0.2) is 20.1 Å². The van der Waals surface area contributed by atoms with Crippen molar-refractivity contribution in [3.63, 3.8) is 0 Å². The molecular formula is C7H10N2O4S. The standard InChI is InChI=1S/C7H10N2O4S/c1-13-5-3-2-4(8)6(9)7(5)14(10,11)12/h2-3H,8-9H2,1H3,(H,10,11,12). The molecule has 1 aromatic rings. The summed E-state index contributed by atoms with van der Waals surface area (Å²) in [7, 11) is -3.17. The van der Waals surface area contributed by atoms with Crippen molar-refractivity contribution in [1.29, 1.82) is 0 Å². The van der Waals surface area contributed by atoms with Gasteiger partial charge in [-0.25, -0.2) is 0 Å². The molecule has 5 N–H and O–H groups in total. The van der Waals surface area contributed by atoms with E-state index in [1.54, 1.807) is 0 Å². The Morgan fingerprint density at radius 2 is 1.93 bits per heavy atom. The molecule has 0 aromatic heterocycles. The van der Waals surface area contributed by atoms with Gasteiger partial charge >= 0.3 is 0 Å². The van der Waals surface area contributed by atoms with Gasteiger partial charge in [0.15, 0.2) is 4.90 Å². The SMILES string of the molecule is COc1ccc(N)c(N)c1S(=O)(=O)O. The van der Waals surface area contributed by atoms with Crippen LogP contribution in [-0.2, 0) is 10.1 Å². The third-order valence-corrected chi connectivity index (χ3v) is 2.61. The van der Waals surface area contributed by atoms with E-state index in [1.807, 2.05) is 0 Å². The molecule has 0 amide bonds. The second-order valence-electron chi connectivity index (χ2n) is 2.57.